The van der Waals surface area contributed by atoms with Gasteiger partial charge < -0.3 is 14.8 Å². The van der Waals surface area contributed by atoms with Crippen LogP contribution < -0.4 is 5.32 Å². The number of ether oxygens (including phenoxy) is 2. The van der Waals surface area contributed by atoms with Crippen LogP contribution >= 0.6 is 23.1 Å². The second kappa shape index (κ2) is 19.4. The van der Waals surface area contributed by atoms with Crippen molar-refractivity contribution in [1.82, 2.24) is 9.27 Å². The normalized spacial score (nSPS) is 15.0. The Morgan fingerprint density at radius 2 is 1.53 bits per heavy atom. The number of hydrogen-bond donors (Lipinski definition) is 1. The highest BCUT2D eigenvalue weighted by Gasteiger charge is 2.49. The van der Waals surface area contributed by atoms with E-state index in [4.69, 9.17) is 21.1 Å². The molecule has 0 saturated carbocycles. The van der Waals surface area contributed by atoms with Crippen molar-refractivity contribution < 1.29 is 33.4 Å². The number of imide groups is 1. The number of ketones is 1. The van der Waals surface area contributed by atoms with Crippen LogP contribution in [0.25, 0.3) is 10.1 Å². The number of fused-ring (bicyclic) bond motifs is 1. The maximum Gasteiger partial charge on any atom is 0.418 e. The minimum absolute atomic E-state index is 0.00612. The van der Waals surface area contributed by atoms with Gasteiger partial charge in [-0.3, -0.25) is 14.4 Å². The number of cyclic esters (lactones) is 1. The van der Waals surface area contributed by atoms with Crippen molar-refractivity contribution in [3.05, 3.63) is 58.7 Å². The van der Waals surface area contributed by atoms with E-state index in [0.29, 0.717) is 15.0 Å². The van der Waals surface area contributed by atoms with Gasteiger partial charge in [-0.25, -0.2) is 14.5 Å². The van der Waals surface area contributed by atoms with Gasteiger partial charge in [0.2, 0.25) is 5.78 Å². The summed E-state index contributed by atoms with van der Waals surface area (Å²) in [5, 5.41) is 3.08. The Labute approximate surface area is 297 Å². The number of esters is 1. The quantitative estimate of drug-likeness (QED) is 0.0501. The molecule has 0 aliphatic carbocycles. The third-order valence-corrected chi connectivity index (χ3v) is 9.77. The number of aromatic nitrogens is 1. The Hall–Kier alpha value is -3.83. The van der Waals surface area contributed by atoms with E-state index in [1.165, 1.54) is 95.8 Å². The molecule has 264 valence electrons. The van der Waals surface area contributed by atoms with E-state index < -0.39 is 41.8 Å². The zero-order valence-electron chi connectivity index (χ0n) is 28.3. The van der Waals surface area contributed by atoms with Gasteiger partial charge in [0.15, 0.2) is 12.1 Å². The lowest BCUT2D eigenvalue weighted by Crippen LogP contribution is -2.52. The monoisotopic (exact) mass is 711 g/mol. The molecule has 2 atom stereocenters. The predicted molar refractivity (Wildman–Crippen MR) is 191 cm³/mol. The van der Waals surface area contributed by atoms with E-state index in [1.54, 1.807) is 24.3 Å². The van der Waals surface area contributed by atoms with Gasteiger partial charge >= 0.3 is 12.1 Å². The Bertz CT molecular complexity index is 1610. The Morgan fingerprint density at radius 3 is 2.14 bits per heavy atom. The maximum absolute atomic E-state index is 13.8. The second-order valence-corrected chi connectivity index (χ2v) is 13.7. The fourth-order valence-electron chi connectivity index (χ4n) is 5.82. The molecule has 1 fully saturated rings. The number of hydrogen-bond acceptors (Lipinski definition) is 9. The average Bonchev–Trinajstić information content (AvgIpc) is 3.63. The van der Waals surface area contributed by atoms with Crippen LogP contribution in [0, 0.1) is 0 Å². The molecule has 0 spiro atoms. The van der Waals surface area contributed by atoms with Crippen LogP contribution in [0.15, 0.2) is 42.5 Å². The zero-order valence-corrected chi connectivity index (χ0v) is 29.9. The van der Waals surface area contributed by atoms with Crippen LogP contribution in [0.5, 0.6) is 0 Å². The number of carbonyl (C=O) groups is 5. The summed E-state index contributed by atoms with van der Waals surface area (Å²) in [5.74, 6) is -3.31. The van der Waals surface area contributed by atoms with E-state index in [1.807, 2.05) is 0 Å². The van der Waals surface area contributed by atoms with Crippen molar-refractivity contribution in [3.63, 3.8) is 0 Å². The van der Waals surface area contributed by atoms with Crippen LogP contribution in [0.4, 0.5) is 10.5 Å². The first-order chi connectivity index (χ1) is 23.7. The third-order valence-electron chi connectivity index (χ3n) is 8.62. The first-order valence-corrected chi connectivity index (χ1v) is 18.6. The summed E-state index contributed by atoms with van der Waals surface area (Å²) in [6, 6.07) is 9.22. The van der Waals surface area contributed by atoms with Gasteiger partial charge in [-0.1, -0.05) is 120 Å². The summed E-state index contributed by atoms with van der Waals surface area (Å²) in [6.07, 6.45) is 14.9. The average molecular weight is 712 g/mol. The fourth-order valence-corrected chi connectivity index (χ4v) is 6.76. The lowest BCUT2D eigenvalue weighted by molar-refractivity contribution is -0.133. The number of rotatable bonds is 21. The van der Waals surface area contributed by atoms with Crippen molar-refractivity contribution in [3.8, 4) is 0 Å². The molecular weight excluding hydrogens is 666 g/mol. The molecule has 2 aromatic carbocycles. The Balaban J connectivity index is 1.28. The molecule has 1 aliphatic rings. The fraction of sp³-hybridized carbons (Fsp3) is 0.514. The van der Waals surface area contributed by atoms with Crippen LogP contribution in [-0.4, -0.2) is 57.7 Å². The Kier molecular flexibility index (Phi) is 15.0. The van der Waals surface area contributed by atoms with Crippen LogP contribution in [0.3, 0.4) is 0 Å². The third kappa shape index (κ3) is 10.6. The molecule has 2 unspecified atom stereocenters. The van der Waals surface area contributed by atoms with Gasteiger partial charge in [0.05, 0.1) is 27.6 Å². The van der Waals surface area contributed by atoms with E-state index in [2.05, 4.69) is 16.6 Å². The summed E-state index contributed by atoms with van der Waals surface area (Å²) in [6.45, 7) is 3.85. The van der Waals surface area contributed by atoms with E-state index in [-0.39, 0.29) is 28.6 Å². The van der Waals surface area contributed by atoms with E-state index in [0.717, 1.165) is 30.8 Å². The highest BCUT2D eigenvalue weighted by Crippen LogP contribution is 2.29. The van der Waals surface area contributed by atoms with Gasteiger partial charge in [0.25, 0.3) is 11.8 Å². The molecule has 1 aromatic heterocycles. The van der Waals surface area contributed by atoms with Crippen LogP contribution in [-0.2, 0) is 19.1 Å². The number of anilines is 1. The smallest absolute Gasteiger partial charge is 0.418 e. The minimum Gasteiger partial charge on any atom is -0.462 e. The van der Waals surface area contributed by atoms with Gasteiger partial charge in [-0.05, 0) is 49.1 Å². The van der Waals surface area contributed by atoms with Gasteiger partial charge in [-0.15, -0.1) is 0 Å². The molecule has 10 nitrogen and oxygen atoms in total. The summed E-state index contributed by atoms with van der Waals surface area (Å²) < 4.78 is 15.4. The maximum atomic E-state index is 13.8. The van der Waals surface area contributed by atoms with Gasteiger partial charge in [-0.2, -0.15) is 4.37 Å². The molecule has 1 aliphatic heterocycles. The van der Waals surface area contributed by atoms with Crippen LogP contribution in [0.2, 0.25) is 5.02 Å². The van der Waals surface area contributed by atoms with E-state index in [9.17, 15) is 24.0 Å². The highest BCUT2D eigenvalue weighted by molar-refractivity contribution is 7.13. The molecule has 49 heavy (non-hydrogen) atoms. The number of nitrogens with zero attached hydrogens (tertiary/aromatic N) is 2. The molecule has 2 heterocycles. The summed E-state index contributed by atoms with van der Waals surface area (Å²) in [7, 11) is 0. The molecule has 3 amide bonds. The molecule has 0 bridgehead atoms. The standard InChI is InChI=1S/C37H46ClN3O7S/c1-3-4-5-6-7-8-9-10-11-12-13-14-15-18-23-47-36(45)26-21-22-28(38)29(24-26)39-34(43)32(41-35(44)25(2)48-37(41)46)33(42)31-27-19-16-17-20-30(27)49-40-31/h16-17,19-22,24-25,32H,3-15,18,23H2,1-2H3,(H,39,43). The summed E-state index contributed by atoms with van der Waals surface area (Å²) in [4.78, 5) is 66.4. The number of carbonyl (C=O) groups excluding carboxylic acids is 5. The summed E-state index contributed by atoms with van der Waals surface area (Å²) in [5.41, 5.74) is 0.0862. The number of nitrogens with one attached hydrogen (secondary N) is 1. The lowest BCUT2D eigenvalue weighted by Gasteiger charge is -2.22. The SMILES string of the molecule is CCCCCCCCCCCCCCCCOC(=O)c1ccc(Cl)c(NC(=O)C(C(=O)c2nsc3ccccc23)N2C(=O)OC(C)C2=O)c1. The highest BCUT2D eigenvalue weighted by atomic mass is 35.5. The molecule has 12 heteroatoms. The molecule has 1 N–H and O–H groups in total. The number of unbranched alkanes of at least 4 members (excludes halogenated alkanes) is 13. The topological polar surface area (TPSA) is 132 Å². The summed E-state index contributed by atoms with van der Waals surface area (Å²) >= 11 is 7.41. The predicted octanol–water partition coefficient (Wildman–Crippen LogP) is 9.15. The molecular formula is C37H46ClN3O7S. The first kappa shape index (κ1) is 38.0. The molecule has 3 aromatic rings. The van der Waals surface area contributed by atoms with Gasteiger partial charge in [0.1, 0.15) is 5.69 Å². The Morgan fingerprint density at radius 1 is 0.918 bits per heavy atom. The number of amides is 3. The van der Waals surface area contributed by atoms with Crippen molar-refractivity contribution in [1.29, 1.82) is 0 Å². The lowest BCUT2D eigenvalue weighted by atomic mass is 10.0. The van der Waals surface area contributed by atoms with Crippen molar-refractivity contribution in [2.24, 2.45) is 0 Å². The second-order valence-electron chi connectivity index (χ2n) is 12.4. The molecule has 4 rings (SSSR count). The van der Waals surface area contributed by atoms with Crippen molar-refractivity contribution in [2.45, 2.75) is 116 Å². The minimum atomic E-state index is -1.93. The van der Waals surface area contributed by atoms with E-state index >= 15 is 0 Å². The van der Waals surface area contributed by atoms with Crippen molar-refractivity contribution in [2.75, 3.05) is 11.9 Å². The zero-order chi connectivity index (χ0) is 35.2. The molecule has 0 radical (unpaired) electrons. The first-order valence-electron chi connectivity index (χ1n) is 17.4. The van der Waals surface area contributed by atoms with Crippen LogP contribution in [0.1, 0.15) is 125 Å². The molecule has 1 saturated heterocycles. The number of Topliss-reactive ketones (excluding diaryl/α,β-unsaturated/α-hetero) is 1. The van der Waals surface area contributed by atoms with Crippen molar-refractivity contribution >= 4 is 68.6 Å². The number of halogens is 1. The largest absolute Gasteiger partial charge is 0.462 e. The van der Waals surface area contributed by atoms with Gasteiger partial charge in [0, 0.05) is 5.39 Å². The number of benzene rings is 2.